The summed E-state index contributed by atoms with van der Waals surface area (Å²) in [6.07, 6.45) is 1.18. The molecule has 4 heteroatoms. The molecule has 0 aliphatic carbocycles. The topological polar surface area (TPSA) is 34.1 Å². The van der Waals surface area contributed by atoms with E-state index in [1.54, 1.807) is 24.3 Å². The number of halogens is 1. The zero-order valence-corrected chi connectivity index (χ0v) is 11.0. The maximum Gasteiger partial charge on any atom is 0.176 e. The Morgan fingerprint density at radius 1 is 1.00 bits per heavy atom. The standard InChI is InChI=1S/C14H13FO2S/c1-10-3-8-13(14(9-10)18(2,16)17)11-4-6-12(15)7-5-11/h3-9H,1-2H3. The quantitative estimate of drug-likeness (QED) is 0.834. The fraction of sp³-hybridized carbons (Fsp3) is 0.143. The first-order chi connectivity index (χ1) is 8.38. The van der Waals surface area contributed by atoms with Crippen molar-refractivity contribution in [1.82, 2.24) is 0 Å². The fourth-order valence-corrected chi connectivity index (χ4v) is 2.79. The molecule has 0 spiro atoms. The minimum Gasteiger partial charge on any atom is -0.224 e. The number of benzene rings is 2. The molecule has 0 aromatic heterocycles. The lowest BCUT2D eigenvalue weighted by Gasteiger charge is -2.09. The molecule has 0 saturated carbocycles. The Labute approximate surface area is 106 Å². The zero-order valence-electron chi connectivity index (χ0n) is 10.1. The molecular weight excluding hydrogens is 251 g/mol. The number of rotatable bonds is 2. The molecule has 2 aromatic rings. The van der Waals surface area contributed by atoms with Gasteiger partial charge in [0, 0.05) is 11.8 Å². The van der Waals surface area contributed by atoms with Crippen molar-refractivity contribution in [3.8, 4) is 11.1 Å². The third-order valence-corrected chi connectivity index (χ3v) is 3.83. The van der Waals surface area contributed by atoms with Gasteiger partial charge in [0.25, 0.3) is 0 Å². The lowest BCUT2D eigenvalue weighted by atomic mass is 10.0. The van der Waals surface area contributed by atoms with E-state index in [-0.39, 0.29) is 10.7 Å². The van der Waals surface area contributed by atoms with Gasteiger partial charge >= 0.3 is 0 Å². The summed E-state index contributed by atoms with van der Waals surface area (Å²) in [5.41, 5.74) is 2.17. The molecule has 18 heavy (non-hydrogen) atoms. The van der Waals surface area contributed by atoms with Gasteiger partial charge in [-0.3, -0.25) is 0 Å². The largest absolute Gasteiger partial charge is 0.224 e. The summed E-state index contributed by atoms with van der Waals surface area (Å²) in [4.78, 5) is 0.272. The van der Waals surface area contributed by atoms with Gasteiger partial charge in [-0.1, -0.05) is 24.3 Å². The van der Waals surface area contributed by atoms with Gasteiger partial charge in [-0.15, -0.1) is 0 Å². The van der Waals surface area contributed by atoms with Gasteiger partial charge in [0.1, 0.15) is 5.82 Å². The molecule has 0 unspecified atom stereocenters. The van der Waals surface area contributed by atoms with Gasteiger partial charge in [0.15, 0.2) is 9.84 Å². The SMILES string of the molecule is Cc1ccc(-c2ccc(F)cc2)c(S(C)(=O)=O)c1. The van der Waals surface area contributed by atoms with Crippen LogP contribution >= 0.6 is 0 Å². The normalized spacial score (nSPS) is 11.5. The lowest BCUT2D eigenvalue weighted by Crippen LogP contribution is -2.00. The van der Waals surface area contributed by atoms with Crippen LogP contribution in [0.2, 0.25) is 0 Å². The smallest absolute Gasteiger partial charge is 0.176 e. The first-order valence-electron chi connectivity index (χ1n) is 5.44. The van der Waals surface area contributed by atoms with E-state index in [9.17, 15) is 12.8 Å². The zero-order chi connectivity index (χ0) is 13.3. The van der Waals surface area contributed by atoms with E-state index >= 15 is 0 Å². The molecule has 0 bridgehead atoms. The Kier molecular flexibility index (Phi) is 3.22. The highest BCUT2D eigenvalue weighted by atomic mass is 32.2. The highest BCUT2D eigenvalue weighted by Crippen LogP contribution is 2.28. The molecule has 0 radical (unpaired) electrons. The minimum atomic E-state index is -3.31. The maximum atomic E-state index is 12.9. The van der Waals surface area contributed by atoms with E-state index < -0.39 is 9.84 Å². The molecular formula is C14H13FO2S. The Bertz CT molecular complexity index is 673. The second kappa shape index (κ2) is 4.53. The molecule has 0 aliphatic rings. The van der Waals surface area contributed by atoms with Crippen molar-refractivity contribution in [2.45, 2.75) is 11.8 Å². The van der Waals surface area contributed by atoms with E-state index in [1.807, 2.05) is 13.0 Å². The molecule has 0 fully saturated rings. The van der Waals surface area contributed by atoms with Crippen molar-refractivity contribution in [3.63, 3.8) is 0 Å². The van der Waals surface area contributed by atoms with E-state index in [0.717, 1.165) is 5.56 Å². The summed E-state index contributed by atoms with van der Waals surface area (Å²) >= 11 is 0. The second-order valence-electron chi connectivity index (χ2n) is 4.28. The van der Waals surface area contributed by atoms with E-state index in [0.29, 0.717) is 11.1 Å². The van der Waals surface area contributed by atoms with Crippen LogP contribution in [-0.4, -0.2) is 14.7 Å². The molecule has 0 heterocycles. The number of sulfone groups is 1. The average Bonchev–Trinajstić information content (AvgIpc) is 2.29. The van der Waals surface area contributed by atoms with Gasteiger partial charge in [0.2, 0.25) is 0 Å². The highest BCUT2D eigenvalue weighted by molar-refractivity contribution is 7.90. The van der Waals surface area contributed by atoms with Crippen molar-refractivity contribution in [2.24, 2.45) is 0 Å². The molecule has 94 valence electrons. The summed E-state index contributed by atoms with van der Waals surface area (Å²) in [5, 5.41) is 0. The Morgan fingerprint density at radius 2 is 1.61 bits per heavy atom. The highest BCUT2D eigenvalue weighted by Gasteiger charge is 2.14. The monoisotopic (exact) mass is 264 g/mol. The Hall–Kier alpha value is -1.68. The van der Waals surface area contributed by atoms with Crippen LogP contribution < -0.4 is 0 Å². The number of aryl methyl sites for hydroxylation is 1. The molecule has 2 aromatic carbocycles. The van der Waals surface area contributed by atoms with Crippen LogP contribution in [0.1, 0.15) is 5.56 Å². The van der Waals surface area contributed by atoms with Crippen molar-refractivity contribution in [2.75, 3.05) is 6.26 Å². The van der Waals surface area contributed by atoms with E-state index in [1.165, 1.54) is 18.4 Å². The first-order valence-corrected chi connectivity index (χ1v) is 7.34. The van der Waals surface area contributed by atoms with Crippen LogP contribution in [0.4, 0.5) is 4.39 Å². The second-order valence-corrected chi connectivity index (χ2v) is 6.26. The first kappa shape index (κ1) is 12.8. The van der Waals surface area contributed by atoms with Crippen LogP contribution in [0.3, 0.4) is 0 Å². The summed E-state index contributed by atoms with van der Waals surface area (Å²) in [6, 6.07) is 11.0. The number of hydrogen-bond acceptors (Lipinski definition) is 2. The fourth-order valence-electron chi connectivity index (χ4n) is 1.80. The van der Waals surface area contributed by atoms with Crippen molar-refractivity contribution < 1.29 is 12.8 Å². The molecule has 0 N–H and O–H groups in total. The Morgan fingerprint density at radius 3 is 2.17 bits per heavy atom. The van der Waals surface area contributed by atoms with Gasteiger partial charge in [-0.25, -0.2) is 12.8 Å². The van der Waals surface area contributed by atoms with Gasteiger partial charge in [0.05, 0.1) is 4.90 Å². The van der Waals surface area contributed by atoms with Crippen LogP contribution in [0, 0.1) is 12.7 Å². The molecule has 0 atom stereocenters. The average molecular weight is 264 g/mol. The van der Waals surface area contributed by atoms with Gasteiger partial charge < -0.3 is 0 Å². The van der Waals surface area contributed by atoms with Crippen molar-refractivity contribution >= 4 is 9.84 Å². The van der Waals surface area contributed by atoms with Crippen LogP contribution in [0.5, 0.6) is 0 Å². The van der Waals surface area contributed by atoms with Crippen molar-refractivity contribution in [1.29, 1.82) is 0 Å². The predicted octanol–water partition coefficient (Wildman–Crippen LogP) is 3.20. The summed E-state index contributed by atoms with van der Waals surface area (Å²) in [7, 11) is -3.31. The van der Waals surface area contributed by atoms with Crippen LogP contribution in [-0.2, 0) is 9.84 Å². The van der Waals surface area contributed by atoms with Gasteiger partial charge in [-0.2, -0.15) is 0 Å². The molecule has 0 saturated heterocycles. The minimum absolute atomic E-state index is 0.272. The van der Waals surface area contributed by atoms with Gasteiger partial charge in [-0.05, 0) is 36.2 Å². The third kappa shape index (κ3) is 2.59. The van der Waals surface area contributed by atoms with Crippen LogP contribution in [0.25, 0.3) is 11.1 Å². The van der Waals surface area contributed by atoms with Crippen LogP contribution in [0.15, 0.2) is 47.4 Å². The predicted molar refractivity (Wildman–Crippen MR) is 69.7 cm³/mol. The summed E-state index contributed by atoms with van der Waals surface area (Å²) in [6.45, 7) is 1.84. The van der Waals surface area contributed by atoms with E-state index in [2.05, 4.69) is 0 Å². The van der Waals surface area contributed by atoms with Crippen molar-refractivity contribution in [3.05, 3.63) is 53.8 Å². The number of hydrogen-bond donors (Lipinski definition) is 0. The molecule has 0 aliphatic heterocycles. The third-order valence-electron chi connectivity index (χ3n) is 2.69. The Balaban J connectivity index is 2.68. The summed E-state index contributed by atoms with van der Waals surface area (Å²) in [5.74, 6) is -0.341. The molecule has 0 amide bonds. The molecule has 2 rings (SSSR count). The lowest BCUT2D eigenvalue weighted by molar-refractivity contribution is 0.602. The van der Waals surface area contributed by atoms with E-state index in [4.69, 9.17) is 0 Å². The molecule has 2 nitrogen and oxygen atoms in total. The summed E-state index contributed by atoms with van der Waals surface area (Å²) < 4.78 is 36.4. The maximum absolute atomic E-state index is 12.9.